The number of hydrogen-bond acceptors (Lipinski definition) is 5. The smallest absolute Gasteiger partial charge is 0.306 e. The van der Waals surface area contributed by atoms with E-state index in [4.69, 9.17) is 4.74 Å². The van der Waals surface area contributed by atoms with Crippen LogP contribution in [0.5, 0.6) is 0 Å². The van der Waals surface area contributed by atoms with E-state index in [1.165, 1.54) is 77.0 Å². The number of carbonyl (C=O) groups excluding carboxylic acids is 2. The van der Waals surface area contributed by atoms with Crippen molar-refractivity contribution in [3.8, 4) is 0 Å². The highest BCUT2D eigenvalue weighted by Crippen LogP contribution is 2.15. The molecule has 1 amide bonds. The van der Waals surface area contributed by atoms with Gasteiger partial charge in [-0.25, -0.2) is 0 Å². The number of ether oxygens (including phenoxy) is 1. The summed E-state index contributed by atoms with van der Waals surface area (Å²) in [5, 5.41) is 23.7. The number of aliphatic hydroxyl groups excluding tert-OH is 2. The molecule has 3 N–H and O–H groups in total. The Bertz CT molecular complexity index is 1360. The SMILES string of the molecule is CC/C=C/C/C=C/C/C=C/C/C=C/C/C=C/CCC(=O)OC(/C=C/C/C=C/C/C=C/C/C=C/C/C=C/CC)CC(=O)NC(CO)C(O)CCCCCCCCCCCCCCCCC. The third kappa shape index (κ3) is 44.9. The number of allylic oxidation sites excluding steroid dienone is 19. The van der Waals surface area contributed by atoms with E-state index in [0.717, 1.165) is 77.0 Å². The minimum Gasteiger partial charge on any atom is -0.458 e. The largest absolute Gasteiger partial charge is 0.458 e. The molecule has 0 spiro atoms. The van der Waals surface area contributed by atoms with Crippen molar-refractivity contribution in [1.29, 1.82) is 0 Å². The second kappa shape index (κ2) is 50.3. The van der Waals surface area contributed by atoms with Crippen LogP contribution in [-0.2, 0) is 14.3 Å². The first-order valence-corrected chi connectivity index (χ1v) is 25.8. The molecule has 0 radical (unpaired) electrons. The lowest BCUT2D eigenvalue weighted by Gasteiger charge is -2.23. The summed E-state index contributed by atoms with van der Waals surface area (Å²) in [6, 6.07) is -0.765. The molecule has 0 aliphatic rings. The number of hydrogen-bond donors (Lipinski definition) is 3. The molecule has 0 fully saturated rings. The van der Waals surface area contributed by atoms with Crippen LogP contribution >= 0.6 is 0 Å². The summed E-state index contributed by atoms with van der Waals surface area (Å²) in [6.07, 6.45) is 70.1. The van der Waals surface area contributed by atoms with Crippen molar-refractivity contribution in [1.82, 2.24) is 5.32 Å². The van der Waals surface area contributed by atoms with E-state index < -0.39 is 18.2 Å². The normalized spacial score (nSPS) is 14.3. The maximum atomic E-state index is 13.2. The standard InChI is InChI=1S/C58H95NO5/c1-4-7-10-13-16-19-22-25-28-30-33-36-39-42-45-48-51-58(63)64-54(49-46-43-40-37-34-31-27-24-21-18-15-12-9-6-3)52-57(62)59-55(53-60)56(61)50-47-44-41-38-35-32-29-26-23-20-17-14-11-8-5-2/h7,9-10,12,16,18-19,21,25,27-28,31,33,36-37,40,42,45-46,49,54-56,60-61H,4-6,8,11,13-15,17,20,22-24,26,29-30,32,34-35,38-39,41,43-44,47-48,50-53H2,1-3H3,(H,59,62)/b10-7+,12-9+,19-16+,21-18+,28-25+,31-27+,36-33+,40-37+,45-42+,49-46+. The molecule has 64 heavy (non-hydrogen) atoms. The predicted molar refractivity (Wildman–Crippen MR) is 277 cm³/mol. The van der Waals surface area contributed by atoms with E-state index in [2.05, 4.69) is 129 Å². The quantitative estimate of drug-likeness (QED) is 0.0322. The minimum atomic E-state index is -0.839. The van der Waals surface area contributed by atoms with Crippen LogP contribution in [0.3, 0.4) is 0 Å². The fraction of sp³-hybridized carbons (Fsp3) is 0.621. The van der Waals surface area contributed by atoms with E-state index in [-0.39, 0.29) is 31.3 Å². The summed E-state index contributed by atoms with van der Waals surface area (Å²) in [7, 11) is 0. The summed E-state index contributed by atoms with van der Waals surface area (Å²) in [5.74, 6) is -0.739. The van der Waals surface area contributed by atoms with Crippen LogP contribution in [0, 0.1) is 0 Å². The molecule has 0 saturated heterocycles. The number of rotatable bonds is 44. The molecule has 6 heteroatoms. The highest BCUT2D eigenvalue weighted by atomic mass is 16.5. The highest BCUT2D eigenvalue weighted by molar-refractivity contribution is 5.78. The van der Waals surface area contributed by atoms with Crippen LogP contribution in [0.25, 0.3) is 0 Å². The van der Waals surface area contributed by atoms with Gasteiger partial charge in [-0.1, -0.05) is 233 Å². The predicted octanol–water partition coefficient (Wildman–Crippen LogP) is 15.7. The molecule has 0 aromatic heterocycles. The molecule has 0 rings (SSSR count). The molecular weight excluding hydrogens is 791 g/mol. The minimum absolute atomic E-state index is 0.0830. The van der Waals surface area contributed by atoms with Gasteiger partial charge in [0.25, 0.3) is 0 Å². The van der Waals surface area contributed by atoms with Gasteiger partial charge in [-0.05, 0) is 83.1 Å². The molecular formula is C58H95NO5. The van der Waals surface area contributed by atoms with Gasteiger partial charge < -0.3 is 20.3 Å². The van der Waals surface area contributed by atoms with Crippen LogP contribution < -0.4 is 5.32 Å². The molecule has 0 aromatic rings. The number of nitrogens with one attached hydrogen (secondary N) is 1. The highest BCUT2D eigenvalue weighted by Gasteiger charge is 2.23. The summed E-state index contributed by atoms with van der Waals surface area (Å²) in [6.45, 7) is 6.19. The Morgan fingerprint density at radius 3 is 1.23 bits per heavy atom. The first-order chi connectivity index (χ1) is 31.5. The number of unbranched alkanes of at least 4 members (excludes halogenated alkanes) is 14. The first kappa shape index (κ1) is 60.3. The summed E-state index contributed by atoms with van der Waals surface area (Å²) < 4.78 is 5.77. The van der Waals surface area contributed by atoms with E-state index in [9.17, 15) is 19.8 Å². The van der Waals surface area contributed by atoms with Crippen molar-refractivity contribution < 1.29 is 24.5 Å². The fourth-order valence-corrected chi connectivity index (χ4v) is 6.97. The Balaban J connectivity index is 4.83. The molecule has 362 valence electrons. The molecule has 0 aliphatic heterocycles. The summed E-state index contributed by atoms with van der Waals surface area (Å²) in [4.78, 5) is 26.0. The molecule has 0 aromatic carbocycles. The Labute approximate surface area is 393 Å². The van der Waals surface area contributed by atoms with E-state index in [1.54, 1.807) is 6.08 Å². The lowest BCUT2D eigenvalue weighted by atomic mass is 10.0. The summed E-state index contributed by atoms with van der Waals surface area (Å²) >= 11 is 0. The monoisotopic (exact) mass is 886 g/mol. The van der Waals surface area contributed by atoms with Gasteiger partial charge in [0.2, 0.25) is 5.91 Å². The van der Waals surface area contributed by atoms with Gasteiger partial charge in [0, 0.05) is 6.42 Å². The second-order valence-corrected chi connectivity index (χ2v) is 16.8. The van der Waals surface area contributed by atoms with Crippen LogP contribution in [0.15, 0.2) is 122 Å². The third-order valence-corrected chi connectivity index (χ3v) is 10.8. The first-order valence-electron chi connectivity index (χ1n) is 25.8. The topological polar surface area (TPSA) is 95.9 Å². The van der Waals surface area contributed by atoms with E-state index in [1.807, 2.05) is 12.2 Å². The van der Waals surface area contributed by atoms with Crippen LogP contribution in [0.1, 0.15) is 207 Å². The average Bonchev–Trinajstić information content (AvgIpc) is 3.29. The molecule has 6 nitrogen and oxygen atoms in total. The van der Waals surface area contributed by atoms with E-state index >= 15 is 0 Å². The van der Waals surface area contributed by atoms with Gasteiger partial charge >= 0.3 is 5.97 Å². The van der Waals surface area contributed by atoms with Crippen LogP contribution in [0.2, 0.25) is 0 Å². The van der Waals surface area contributed by atoms with Crippen molar-refractivity contribution in [3.63, 3.8) is 0 Å². The van der Waals surface area contributed by atoms with Gasteiger partial charge in [0.1, 0.15) is 6.10 Å². The van der Waals surface area contributed by atoms with Crippen LogP contribution in [0.4, 0.5) is 0 Å². The zero-order valence-corrected chi connectivity index (χ0v) is 41.1. The van der Waals surface area contributed by atoms with Crippen molar-refractivity contribution in [2.75, 3.05) is 6.61 Å². The molecule has 0 bridgehead atoms. The van der Waals surface area contributed by atoms with Crippen molar-refractivity contribution in [2.45, 2.75) is 225 Å². The van der Waals surface area contributed by atoms with Crippen molar-refractivity contribution in [2.24, 2.45) is 0 Å². The van der Waals surface area contributed by atoms with E-state index in [0.29, 0.717) is 19.3 Å². The average molecular weight is 886 g/mol. The van der Waals surface area contributed by atoms with Gasteiger partial charge in [0.15, 0.2) is 0 Å². The zero-order chi connectivity index (χ0) is 46.7. The Morgan fingerprint density at radius 2 is 0.844 bits per heavy atom. The molecule has 0 saturated carbocycles. The number of carbonyl (C=O) groups is 2. The molecule has 0 heterocycles. The van der Waals surface area contributed by atoms with Gasteiger partial charge in [-0.3, -0.25) is 9.59 Å². The maximum Gasteiger partial charge on any atom is 0.306 e. The lowest BCUT2D eigenvalue weighted by molar-refractivity contribution is -0.148. The number of esters is 1. The molecule has 3 unspecified atom stereocenters. The Hall–Kier alpha value is -3.74. The van der Waals surface area contributed by atoms with Crippen LogP contribution in [-0.4, -0.2) is 46.9 Å². The fourth-order valence-electron chi connectivity index (χ4n) is 6.97. The summed E-state index contributed by atoms with van der Waals surface area (Å²) in [5.41, 5.74) is 0. The number of aliphatic hydroxyl groups is 2. The maximum absolute atomic E-state index is 13.2. The third-order valence-electron chi connectivity index (χ3n) is 10.8. The lowest BCUT2D eigenvalue weighted by Crippen LogP contribution is -2.46. The van der Waals surface area contributed by atoms with Gasteiger partial charge in [-0.15, -0.1) is 0 Å². The molecule has 3 atom stereocenters. The zero-order valence-electron chi connectivity index (χ0n) is 41.1. The van der Waals surface area contributed by atoms with Crippen molar-refractivity contribution >= 4 is 11.9 Å². The van der Waals surface area contributed by atoms with Gasteiger partial charge in [0.05, 0.1) is 25.2 Å². The van der Waals surface area contributed by atoms with Crippen molar-refractivity contribution in [3.05, 3.63) is 122 Å². The number of amides is 1. The van der Waals surface area contributed by atoms with Gasteiger partial charge in [-0.2, -0.15) is 0 Å². The Morgan fingerprint density at radius 1 is 0.484 bits per heavy atom. The molecule has 0 aliphatic carbocycles. The second-order valence-electron chi connectivity index (χ2n) is 16.8. The Kier molecular flexibility index (Phi) is 47.3.